The van der Waals surface area contributed by atoms with Gasteiger partial charge in [0.05, 0.1) is 13.2 Å². The van der Waals surface area contributed by atoms with Gasteiger partial charge in [0.15, 0.2) is 6.10 Å². The van der Waals surface area contributed by atoms with Gasteiger partial charge in [-0.25, -0.2) is 4.57 Å². The van der Waals surface area contributed by atoms with Gasteiger partial charge >= 0.3 is 25.7 Å². The van der Waals surface area contributed by atoms with Crippen molar-refractivity contribution < 1.29 is 47.5 Å². The maximum absolute atomic E-state index is 12.6. The van der Waals surface area contributed by atoms with E-state index in [9.17, 15) is 23.8 Å². The van der Waals surface area contributed by atoms with Gasteiger partial charge in [-0.3, -0.25) is 23.4 Å². The van der Waals surface area contributed by atoms with Gasteiger partial charge in [-0.1, -0.05) is 154 Å². The SMILES string of the molecule is CCCCCC/C=C\CCCCCCCC(=O)O[C@H](COC(=O)CCCCCCCCC/C=C\CCCCCCCCCC)COP(=O)(O)OC[C@H](N)C(=O)O. The van der Waals surface area contributed by atoms with Crippen LogP contribution in [0.5, 0.6) is 0 Å². The Hall–Kier alpha value is -2.04. The largest absolute Gasteiger partial charge is 0.480 e. The molecule has 0 saturated heterocycles. The first-order valence-corrected chi connectivity index (χ1v) is 23.9. The molecule has 1 unspecified atom stereocenters. The molecular weight excluding hydrogens is 733 g/mol. The van der Waals surface area contributed by atoms with E-state index < -0.39 is 51.1 Å². The van der Waals surface area contributed by atoms with Gasteiger partial charge in [0, 0.05) is 12.8 Å². The fourth-order valence-corrected chi connectivity index (χ4v) is 6.89. The first-order valence-electron chi connectivity index (χ1n) is 22.4. The highest BCUT2D eigenvalue weighted by Crippen LogP contribution is 2.43. The van der Waals surface area contributed by atoms with E-state index in [0.717, 1.165) is 64.2 Å². The van der Waals surface area contributed by atoms with Crippen LogP contribution in [0.25, 0.3) is 0 Å². The number of unbranched alkanes of at least 4 members (excludes halogenated alkanes) is 24. The second kappa shape index (κ2) is 39.8. The number of carbonyl (C=O) groups excluding carboxylic acids is 2. The van der Waals surface area contributed by atoms with Crippen molar-refractivity contribution in [1.82, 2.24) is 0 Å². The van der Waals surface area contributed by atoms with E-state index in [0.29, 0.717) is 12.8 Å². The van der Waals surface area contributed by atoms with Crippen LogP contribution < -0.4 is 5.73 Å². The molecule has 3 atom stereocenters. The number of rotatable bonds is 42. The molecule has 0 aromatic carbocycles. The van der Waals surface area contributed by atoms with Crippen molar-refractivity contribution in [3.8, 4) is 0 Å². The molecule has 12 heteroatoms. The number of carboxylic acid groups (broad SMARTS) is 1. The molecule has 0 rings (SSSR count). The van der Waals surface area contributed by atoms with Gasteiger partial charge in [-0.2, -0.15) is 0 Å². The zero-order chi connectivity index (χ0) is 41.4. The van der Waals surface area contributed by atoms with Crippen LogP contribution in [0.2, 0.25) is 0 Å². The van der Waals surface area contributed by atoms with Crippen molar-refractivity contribution in [2.75, 3.05) is 19.8 Å². The van der Waals surface area contributed by atoms with Gasteiger partial charge in [0.1, 0.15) is 12.6 Å². The molecule has 0 aromatic heterocycles. The average molecular weight is 816 g/mol. The van der Waals surface area contributed by atoms with Gasteiger partial charge < -0.3 is 25.2 Å². The fraction of sp³-hybridized carbons (Fsp3) is 0.841. The summed E-state index contributed by atoms with van der Waals surface area (Å²) in [5.41, 5.74) is 5.33. The quantitative estimate of drug-likeness (QED) is 0.0232. The third kappa shape index (κ3) is 38.8. The minimum absolute atomic E-state index is 0.152. The Balaban J connectivity index is 4.31. The summed E-state index contributed by atoms with van der Waals surface area (Å²) in [6.07, 6.45) is 41.0. The number of phosphoric acid groups is 1. The van der Waals surface area contributed by atoms with E-state index in [1.54, 1.807) is 0 Å². The monoisotopic (exact) mass is 816 g/mol. The molecule has 0 aromatic rings. The minimum Gasteiger partial charge on any atom is -0.480 e. The maximum atomic E-state index is 12.6. The van der Waals surface area contributed by atoms with E-state index in [-0.39, 0.29) is 19.4 Å². The highest BCUT2D eigenvalue weighted by atomic mass is 31.2. The summed E-state index contributed by atoms with van der Waals surface area (Å²) in [6, 6.07) is -1.52. The van der Waals surface area contributed by atoms with Crippen LogP contribution >= 0.6 is 7.82 Å². The predicted octanol–water partition coefficient (Wildman–Crippen LogP) is 11.8. The molecular formula is C44H82NO10P. The molecule has 4 N–H and O–H groups in total. The molecule has 0 heterocycles. The van der Waals surface area contributed by atoms with Crippen LogP contribution in [0, 0.1) is 0 Å². The zero-order valence-electron chi connectivity index (χ0n) is 35.5. The molecule has 11 nitrogen and oxygen atoms in total. The molecule has 0 fully saturated rings. The Kier molecular flexibility index (Phi) is 38.3. The molecule has 328 valence electrons. The van der Waals surface area contributed by atoms with Crippen LogP contribution in [0.4, 0.5) is 0 Å². The van der Waals surface area contributed by atoms with Gasteiger partial charge in [-0.05, 0) is 64.2 Å². The number of aliphatic carboxylic acids is 1. The van der Waals surface area contributed by atoms with Crippen molar-refractivity contribution in [1.29, 1.82) is 0 Å². The maximum Gasteiger partial charge on any atom is 0.472 e. The molecule has 0 aliphatic carbocycles. The number of carbonyl (C=O) groups is 3. The Bertz CT molecular complexity index is 1050. The van der Waals surface area contributed by atoms with Crippen molar-refractivity contribution in [3.63, 3.8) is 0 Å². The summed E-state index contributed by atoms with van der Waals surface area (Å²) in [5.74, 6) is -2.39. The van der Waals surface area contributed by atoms with Crippen LogP contribution in [0.3, 0.4) is 0 Å². The standard InChI is InChI=1S/C44H82NO10P/c1-3-5-7-9-11-13-15-17-18-19-20-21-22-24-25-27-29-31-33-35-42(46)52-37-40(38-53-56(50,51)54-39-41(45)44(48)49)55-43(47)36-34-32-30-28-26-23-16-14-12-10-8-6-4-2/h14,16,19-20,40-41H,3-13,15,17-18,21-39,45H2,1-2H3,(H,48,49)(H,50,51)/b16-14-,20-19-/t40-,41+/m1/s1. The van der Waals surface area contributed by atoms with Crippen LogP contribution in [-0.4, -0.2) is 59.9 Å². The van der Waals surface area contributed by atoms with Crippen LogP contribution in [0.1, 0.15) is 206 Å². The van der Waals surface area contributed by atoms with E-state index >= 15 is 0 Å². The molecule has 0 saturated carbocycles. The van der Waals surface area contributed by atoms with E-state index in [1.165, 1.54) is 103 Å². The fourth-order valence-electron chi connectivity index (χ4n) is 6.11. The van der Waals surface area contributed by atoms with E-state index in [2.05, 4.69) is 42.7 Å². The highest BCUT2D eigenvalue weighted by molar-refractivity contribution is 7.47. The van der Waals surface area contributed by atoms with E-state index in [4.69, 9.17) is 24.8 Å². The Morgan fingerprint density at radius 2 is 0.893 bits per heavy atom. The molecule has 0 spiro atoms. The summed E-state index contributed by atoms with van der Waals surface area (Å²) >= 11 is 0. The smallest absolute Gasteiger partial charge is 0.472 e. The molecule has 0 bridgehead atoms. The van der Waals surface area contributed by atoms with Crippen molar-refractivity contribution >= 4 is 25.7 Å². The first-order chi connectivity index (χ1) is 27.1. The Labute approximate surface area is 340 Å². The summed E-state index contributed by atoms with van der Waals surface area (Å²) in [5, 5.41) is 8.88. The van der Waals surface area contributed by atoms with Crippen molar-refractivity contribution in [2.24, 2.45) is 5.73 Å². The lowest BCUT2D eigenvalue weighted by atomic mass is 10.1. The number of nitrogens with two attached hydrogens (primary N) is 1. The molecule has 56 heavy (non-hydrogen) atoms. The average Bonchev–Trinajstić information content (AvgIpc) is 3.17. The number of hydrogen-bond acceptors (Lipinski definition) is 9. The summed E-state index contributed by atoms with van der Waals surface area (Å²) in [4.78, 5) is 45.9. The molecule has 0 radical (unpaired) electrons. The number of esters is 2. The number of allylic oxidation sites excluding steroid dienone is 4. The number of ether oxygens (including phenoxy) is 2. The third-order valence-electron chi connectivity index (χ3n) is 9.67. The third-order valence-corrected chi connectivity index (χ3v) is 10.6. The normalized spacial score (nSPS) is 13.9. The Morgan fingerprint density at radius 1 is 0.536 bits per heavy atom. The second-order valence-corrected chi connectivity index (χ2v) is 16.6. The van der Waals surface area contributed by atoms with Gasteiger partial charge in [-0.15, -0.1) is 0 Å². The van der Waals surface area contributed by atoms with Crippen LogP contribution in [-0.2, 0) is 37.5 Å². The van der Waals surface area contributed by atoms with Crippen LogP contribution in [0.15, 0.2) is 24.3 Å². The number of carboxylic acids is 1. The minimum atomic E-state index is -4.72. The molecule has 0 amide bonds. The summed E-state index contributed by atoms with van der Waals surface area (Å²) in [7, 11) is -4.72. The van der Waals surface area contributed by atoms with E-state index in [1.807, 2.05) is 0 Å². The van der Waals surface area contributed by atoms with Gasteiger partial charge in [0.2, 0.25) is 0 Å². The Morgan fingerprint density at radius 3 is 1.32 bits per heavy atom. The summed E-state index contributed by atoms with van der Waals surface area (Å²) in [6.45, 7) is 2.78. The topological polar surface area (TPSA) is 172 Å². The lowest BCUT2D eigenvalue weighted by molar-refractivity contribution is -0.161. The van der Waals surface area contributed by atoms with Gasteiger partial charge in [0.25, 0.3) is 0 Å². The lowest BCUT2D eigenvalue weighted by Crippen LogP contribution is -2.34. The lowest BCUT2D eigenvalue weighted by Gasteiger charge is -2.20. The summed E-state index contributed by atoms with van der Waals surface area (Å²) < 4.78 is 32.7. The van der Waals surface area contributed by atoms with Crippen molar-refractivity contribution in [3.05, 3.63) is 24.3 Å². The number of hydrogen-bond donors (Lipinski definition) is 3. The first kappa shape index (κ1) is 54.0. The molecule has 0 aliphatic rings. The van der Waals surface area contributed by atoms with Crippen molar-refractivity contribution in [2.45, 2.75) is 219 Å². The molecule has 0 aliphatic heterocycles. The highest BCUT2D eigenvalue weighted by Gasteiger charge is 2.28. The predicted molar refractivity (Wildman–Crippen MR) is 226 cm³/mol. The second-order valence-electron chi connectivity index (χ2n) is 15.2. The number of phosphoric ester groups is 1. The zero-order valence-corrected chi connectivity index (χ0v) is 36.4.